The number of carboxylic acid groups (broad SMARTS) is 1. The van der Waals surface area contributed by atoms with Crippen molar-refractivity contribution in [3.63, 3.8) is 0 Å². The van der Waals surface area contributed by atoms with Crippen LogP contribution in [-0.2, 0) is 16.0 Å². The van der Waals surface area contributed by atoms with Gasteiger partial charge in [0.15, 0.2) is 0 Å². The Hall–Kier alpha value is -3.88. The van der Waals surface area contributed by atoms with Gasteiger partial charge in [0.1, 0.15) is 23.3 Å². The molecule has 1 heterocycles. The highest BCUT2D eigenvalue weighted by Gasteiger charge is 2.22. The summed E-state index contributed by atoms with van der Waals surface area (Å²) in [7, 11) is 0. The molecule has 33 heavy (non-hydrogen) atoms. The highest BCUT2D eigenvalue weighted by Crippen LogP contribution is 2.31. The predicted molar refractivity (Wildman–Crippen MR) is 123 cm³/mol. The number of anilines is 1. The fourth-order valence-electron chi connectivity index (χ4n) is 3.30. The van der Waals surface area contributed by atoms with Crippen molar-refractivity contribution in [3.05, 3.63) is 59.2 Å². The summed E-state index contributed by atoms with van der Waals surface area (Å²) in [6.07, 6.45) is 0.0977. The minimum atomic E-state index is -0.892. The highest BCUT2D eigenvalue weighted by atomic mass is 16.6. The quantitative estimate of drug-likeness (QED) is 0.462. The molecule has 0 fully saturated rings. The summed E-state index contributed by atoms with van der Waals surface area (Å²) in [5, 5.41) is 11.8. The van der Waals surface area contributed by atoms with Crippen molar-refractivity contribution < 1.29 is 29.0 Å². The average molecular weight is 453 g/mol. The van der Waals surface area contributed by atoms with Gasteiger partial charge in [0, 0.05) is 16.8 Å². The smallest absolute Gasteiger partial charge is 0.436 e. The van der Waals surface area contributed by atoms with Crippen molar-refractivity contribution in [2.45, 2.75) is 51.7 Å². The Kier molecular flexibility index (Phi) is 7.01. The molecule has 0 bridgehead atoms. The molecule has 1 atom stereocenters. The van der Waals surface area contributed by atoms with Crippen LogP contribution in [0.5, 0.6) is 5.75 Å². The van der Waals surface area contributed by atoms with Crippen LogP contribution in [0.1, 0.15) is 55.1 Å². The zero-order valence-corrected chi connectivity index (χ0v) is 18.8. The Morgan fingerprint density at radius 3 is 2.45 bits per heavy atom. The van der Waals surface area contributed by atoms with E-state index in [1.165, 1.54) is 0 Å². The number of fused-ring (bicyclic) bond motifs is 1. The number of hydrogen-bond acceptors (Lipinski definition) is 5. The maximum Gasteiger partial charge on any atom is 0.436 e. The number of hydrogen-bond donors (Lipinski definition) is 3. The first-order valence-corrected chi connectivity index (χ1v) is 10.5. The Morgan fingerprint density at radius 2 is 1.82 bits per heavy atom. The molecule has 1 aliphatic rings. The summed E-state index contributed by atoms with van der Waals surface area (Å²) < 4.78 is 10.8. The number of nitrogens with zero attached hydrogens (tertiary/aromatic N) is 1. The van der Waals surface area contributed by atoms with E-state index in [9.17, 15) is 14.4 Å². The first kappa shape index (κ1) is 23.8. The third-order valence-electron chi connectivity index (χ3n) is 4.80. The maximum absolute atomic E-state index is 12.6. The first-order chi connectivity index (χ1) is 15.5. The van der Waals surface area contributed by atoms with Crippen LogP contribution >= 0.6 is 0 Å². The number of carbonyl (C=O) groups excluding carboxylic acids is 2. The number of aliphatic carboxylic acids is 1. The van der Waals surface area contributed by atoms with Gasteiger partial charge in [0.05, 0.1) is 6.42 Å². The molecule has 1 unspecified atom stereocenters. The molecule has 9 heteroatoms. The lowest BCUT2D eigenvalue weighted by Crippen LogP contribution is -2.25. The molecule has 0 aromatic heterocycles. The fourth-order valence-corrected chi connectivity index (χ4v) is 3.30. The summed E-state index contributed by atoms with van der Waals surface area (Å²) in [4.78, 5) is 39.0. The number of rotatable bonds is 5. The number of ether oxygens (including phenoxy) is 2. The fraction of sp³-hybridized carbons (Fsp3) is 0.333. The zero-order valence-electron chi connectivity index (χ0n) is 18.8. The van der Waals surface area contributed by atoms with Gasteiger partial charge in [-0.15, -0.1) is 0 Å². The van der Waals surface area contributed by atoms with Crippen molar-refractivity contribution in [3.8, 4) is 5.75 Å². The van der Waals surface area contributed by atoms with Gasteiger partial charge in [0.2, 0.25) is 0 Å². The lowest BCUT2D eigenvalue weighted by Gasteiger charge is -2.25. The number of carbonyl (C=O) groups is 3. The molecule has 2 amide bonds. The SMILES string of the molecule is CC(C)(C)OC(=O)/N=C(\N)c1ccc(C(=O)Nc2ccc3c(c2)CCC(CC(=O)O)O3)cc1. The van der Waals surface area contributed by atoms with Crippen molar-refractivity contribution >= 4 is 29.5 Å². The van der Waals surface area contributed by atoms with Gasteiger partial charge in [0.25, 0.3) is 5.91 Å². The number of benzene rings is 2. The Balaban J connectivity index is 1.63. The number of nitrogens with one attached hydrogen (secondary N) is 1. The van der Waals surface area contributed by atoms with Crippen molar-refractivity contribution in [2.24, 2.45) is 10.7 Å². The second kappa shape index (κ2) is 9.72. The van der Waals surface area contributed by atoms with Crippen molar-refractivity contribution in [2.75, 3.05) is 5.32 Å². The van der Waals surface area contributed by atoms with E-state index in [1.807, 2.05) is 6.07 Å². The largest absolute Gasteiger partial charge is 0.490 e. The van der Waals surface area contributed by atoms with Crippen LogP contribution in [0, 0.1) is 0 Å². The number of aryl methyl sites for hydroxylation is 1. The van der Waals surface area contributed by atoms with Crippen LogP contribution in [0.2, 0.25) is 0 Å². The Morgan fingerprint density at radius 1 is 1.15 bits per heavy atom. The number of carboxylic acids is 1. The normalized spacial score (nSPS) is 15.7. The van der Waals surface area contributed by atoms with Gasteiger partial charge in [-0.05, 0) is 69.5 Å². The van der Waals surface area contributed by atoms with Crippen molar-refractivity contribution in [1.82, 2.24) is 0 Å². The molecule has 9 nitrogen and oxygen atoms in total. The van der Waals surface area contributed by atoms with Gasteiger partial charge >= 0.3 is 12.1 Å². The molecule has 0 radical (unpaired) electrons. The Bertz CT molecular complexity index is 1090. The first-order valence-electron chi connectivity index (χ1n) is 10.5. The molecule has 0 spiro atoms. The minimum absolute atomic E-state index is 0.00732. The van der Waals surface area contributed by atoms with E-state index in [2.05, 4.69) is 10.3 Å². The lowest BCUT2D eigenvalue weighted by atomic mass is 10.00. The molecule has 174 valence electrons. The van der Waals surface area contributed by atoms with E-state index in [1.54, 1.807) is 57.2 Å². The van der Waals surface area contributed by atoms with Crippen LogP contribution in [0.3, 0.4) is 0 Å². The zero-order chi connectivity index (χ0) is 24.2. The van der Waals surface area contributed by atoms with Crippen LogP contribution < -0.4 is 15.8 Å². The highest BCUT2D eigenvalue weighted by molar-refractivity contribution is 6.06. The molecular weight excluding hydrogens is 426 g/mol. The van der Waals surface area contributed by atoms with Gasteiger partial charge < -0.3 is 25.6 Å². The predicted octanol–water partition coefficient (Wildman–Crippen LogP) is 3.75. The molecule has 0 aliphatic carbocycles. The van der Waals surface area contributed by atoms with E-state index < -0.39 is 17.7 Å². The molecule has 0 saturated heterocycles. The second-order valence-corrected chi connectivity index (χ2v) is 8.71. The lowest BCUT2D eigenvalue weighted by molar-refractivity contribution is -0.139. The van der Waals surface area contributed by atoms with Gasteiger partial charge in [-0.2, -0.15) is 4.99 Å². The number of nitrogens with two attached hydrogens (primary N) is 1. The molecule has 4 N–H and O–H groups in total. The van der Waals surface area contributed by atoms with E-state index in [0.717, 1.165) is 5.56 Å². The maximum atomic E-state index is 12.6. The third kappa shape index (κ3) is 6.80. The summed E-state index contributed by atoms with van der Waals surface area (Å²) in [6, 6.07) is 11.6. The van der Waals surface area contributed by atoms with Gasteiger partial charge in [-0.3, -0.25) is 9.59 Å². The van der Waals surface area contributed by atoms with Crippen LogP contribution in [0.15, 0.2) is 47.5 Å². The van der Waals surface area contributed by atoms with E-state index in [0.29, 0.717) is 35.4 Å². The standard InChI is InChI=1S/C24H27N3O6/c1-24(2,3)33-23(31)27-21(25)14-4-6-15(7-5-14)22(30)26-17-9-11-19-16(12-17)8-10-18(32-19)13-20(28)29/h4-7,9,11-12,18H,8,10,13H2,1-3H3,(H,26,30)(H,28,29)(H2,25,27,31). The molecule has 2 aromatic carbocycles. The van der Waals surface area contributed by atoms with Gasteiger partial charge in [-0.1, -0.05) is 12.1 Å². The van der Waals surface area contributed by atoms with Crippen molar-refractivity contribution in [1.29, 1.82) is 0 Å². The molecule has 0 saturated carbocycles. The summed E-state index contributed by atoms with van der Waals surface area (Å²) >= 11 is 0. The monoisotopic (exact) mass is 453 g/mol. The van der Waals surface area contributed by atoms with Crippen LogP contribution in [-0.4, -0.2) is 40.6 Å². The van der Waals surface area contributed by atoms with Crippen LogP contribution in [0.25, 0.3) is 0 Å². The summed E-state index contributed by atoms with van der Waals surface area (Å²) in [5.74, 6) is -0.581. The van der Waals surface area contributed by atoms with E-state index >= 15 is 0 Å². The average Bonchev–Trinajstić information content (AvgIpc) is 2.72. The second-order valence-electron chi connectivity index (χ2n) is 8.71. The number of amides is 2. The molecule has 3 rings (SSSR count). The van der Waals surface area contributed by atoms with Gasteiger partial charge in [-0.25, -0.2) is 4.79 Å². The topological polar surface area (TPSA) is 140 Å². The Labute approximate surface area is 191 Å². The molecular formula is C24H27N3O6. The van der Waals surface area contributed by atoms with E-state index in [4.69, 9.17) is 20.3 Å². The van der Waals surface area contributed by atoms with E-state index in [-0.39, 0.29) is 24.3 Å². The molecule has 1 aliphatic heterocycles. The number of aliphatic imine (C=N–C) groups is 1. The van der Waals surface area contributed by atoms with Crippen LogP contribution in [0.4, 0.5) is 10.5 Å². The minimum Gasteiger partial charge on any atom is -0.490 e. The summed E-state index contributed by atoms with van der Waals surface area (Å²) in [5.41, 5.74) is 7.60. The summed E-state index contributed by atoms with van der Waals surface area (Å²) in [6.45, 7) is 5.20. The number of amidine groups is 1. The molecule has 2 aromatic rings. The third-order valence-corrected chi connectivity index (χ3v) is 4.80.